The van der Waals surface area contributed by atoms with E-state index in [0.29, 0.717) is 18.8 Å². The minimum Gasteiger partial charge on any atom is -0.379 e. The van der Waals surface area contributed by atoms with Crippen molar-refractivity contribution in [1.82, 2.24) is 4.90 Å². The summed E-state index contributed by atoms with van der Waals surface area (Å²) in [6, 6.07) is 3.10. The first kappa shape index (κ1) is 22.7. The van der Waals surface area contributed by atoms with Crippen molar-refractivity contribution in [1.29, 1.82) is 0 Å². The van der Waals surface area contributed by atoms with Gasteiger partial charge in [0.25, 0.3) is 0 Å². The Labute approximate surface area is 169 Å². The van der Waals surface area contributed by atoms with Crippen molar-refractivity contribution in [2.24, 2.45) is 0 Å². The van der Waals surface area contributed by atoms with Crippen molar-refractivity contribution in [3.8, 4) is 0 Å². The SMILES string of the molecule is O=C(CN1CC[C@@](O)(C(F)(F)F)C1)Nc1cc(C(F)(F)F)ccc1N1CCCCC1. The Hall–Kier alpha value is -2.01. The van der Waals surface area contributed by atoms with Gasteiger partial charge in [-0.15, -0.1) is 0 Å². The van der Waals surface area contributed by atoms with E-state index in [-0.39, 0.29) is 12.2 Å². The molecule has 30 heavy (non-hydrogen) atoms. The lowest BCUT2D eigenvalue weighted by Crippen LogP contribution is -2.48. The van der Waals surface area contributed by atoms with E-state index in [1.54, 1.807) is 0 Å². The summed E-state index contributed by atoms with van der Waals surface area (Å²) in [5.41, 5.74) is -3.39. The lowest BCUT2D eigenvalue weighted by Gasteiger charge is -2.31. The summed E-state index contributed by atoms with van der Waals surface area (Å²) in [6.45, 7) is -0.0947. The zero-order chi connectivity index (χ0) is 22.2. The van der Waals surface area contributed by atoms with Gasteiger partial charge in [0.15, 0.2) is 5.60 Å². The van der Waals surface area contributed by atoms with Gasteiger partial charge >= 0.3 is 12.4 Å². The molecule has 3 rings (SSSR count). The summed E-state index contributed by atoms with van der Waals surface area (Å²) in [5, 5.41) is 12.1. The standard InChI is InChI=1S/C19H23F6N3O2/c20-18(21,22)13-4-5-15(28-7-2-1-3-8-28)14(10-13)26-16(29)11-27-9-6-17(30,12-27)19(23,24)25/h4-5,10,30H,1-3,6-9,11-12H2,(H,26,29)/t17-/m0/s1. The van der Waals surface area contributed by atoms with Crippen molar-refractivity contribution in [2.45, 2.75) is 43.6 Å². The molecular weight excluding hydrogens is 416 g/mol. The zero-order valence-electron chi connectivity index (χ0n) is 16.1. The molecule has 168 valence electrons. The predicted molar refractivity (Wildman–Crippen MR) is 98.2 cm³/mol. The van der Waals surface area contributed by atoms with E-state index < -0.39 is 48.9 Å². The summed E-state index contributed by atoms with van der Waals surface area (Å²) < 4.78 is 78.2. The van der Waals surface area contributed by atoms with Crippen LogP contribution in [0.1, 0.15) is 31.2 Å². The van der Waals surface area contributed by atoms with Crippen LogP contribution in [0.5, 0.6) is 0 Å². The molecule has 1 aromatic rings. The second-order valence-corrected chi connectivity index (χ2v) is 7.82. The van der Waals surface area contributed by atoms with Crippen LogP contribution in [-0.4, -0.2) is 60.4 Å². The van der Waals surface area contributed by atoms with Crippen LogP contribution >= 0.6 is 0 Å². The van der Waals surface area contributed by atoms with Gasteiger partial charge in [0, 0.05) is 26.2 Å². The number of alkyl halides is 6. The second kappa shape index (κ2) is 8.26. The van der Waals surface area contributed by atoms with Crippen molar-refractivity contribution >= 4 is 17.3 Å². The van der Waals surface area contributed by atoms with Gasteiger partial charge in [0.05, 0.1) is 23.5 Å². The number of nitrogens with one attached hydrogen (secondary N) is 1. The first-order valence-electron chi connectivity index (χ1n) is 9.67. The summed E-state index contributed by atoms with van der Waals surface area (Å²) in [7, 11) is 0. The third-order valence-electron chi connectivity index (χ3n) is 5.52. The fourth-order valence-corrected chi connectivity index (χ4v) is 3.85. The lowest BCUT2D eigenvalue weighted by atomic mass is 10.0. The summed E-state index contributed by atoms with van der Waals surface area (Å²) in [4.78, 5) is 15.4. The molecule has 0 spiro atoms. The molecule has 0 bridgehead atoms. The molecule has 2 saturated heterocycles. The second-order valence-electron chi connectivity index (χ2n) is 7.82. The van der Waals surface area contributed by atoms with Crippen molar-refractivity contribution in [3.05, 3.63) is 23.8 Å². The molecule has 0 radical (unpaired) electrons. The Balaban J connectivity index is 1.74. The van der Waals surface area contributed by atoms with Gasteiger partial charge in [-0.1, -0.05) is 0 Å². The first-order chi connectivity index (χ1) is 13.9. The van der Waals surface area contributed by atoms with Crippen LogP contribution in [0.15, 0.2) is 18.2 Å². The molecule has 5 nitrogen and oxygen atoms in total. The predicted octanol–water partition coefficient (Wildman–Crippen LogP) is 3.63. The third kappa shape index (κ3) is 5.00. The average Bonchev–Trinajstić information content (AvgIpc) is 3.03. The highest BCUT2D eigenvalue weighted by Crippen LogP contribution is 2.38. The number of amides is 1. The molecule has 2 fully saturated rings. The maximum Gasteiger partial charge on any atom is 0.418 e. The van der Waals surface area contributed by atoms with Gasteiger partial charge in [-0.3, -0.25) is 9.69 Å². The Kier molecular flexibility index (Phi) is 6.24. The normalized spacial score (nSPS) is 23.6. The summed E-state index contributed by atoms with van der Waals surface area (Å²) >= 11 is 0. The van der Waals surface area contributed by atoms with Crippen molar-refractivity contribution < 1.29 is 36.2 Å². The number of nitrogens with zero attached hydrogens (tertiary/aromatic N) is 2. The highest BCUT2D eigenvalue weighted by Gasteiger charge is 2.57. The molecule has 2 heterocycles. The maximum atomic E-state index is 13.1. The number of benzene rings is 1. The molecule has 2 N–H and O–H groups in total. The maximum absolute atomic E-state index is 13.1. The number of piperidine rings is 1. The van der Waals surface area contributed by atoms with Gasteiger partial charge in [-0.25, -0.2) is 0 Å². The molecule has 0 aliphatic carbocycles. The molecule has 0 aromatic heterocycles. The number of carbonyl (C=O) groups excluding carboxylic acids is 1. The molecule has 0 unspecified atom stereocenters. The van der Waals surface area contributed by atoms with E-state index in [4.69, 9.17) is 0 Å². The number of hydrogen-bond donors (Lipinski definition) is 2. The molecule has 2 aliphatic rings. The van der Waals surface area contributed by atoms with E-state index >= 15 is 0 Å². The summed E-state index contributed by atoms with van der Waals surface area (Å²) in [5.74, 6) is -0.737. The molecule has 2 aliphatic heterocycles. The van der Waals surface area contributed by atoms with Crippen LogP contribution < -0.4 is 10.2 Å². The minimum absolute atomic E-state index is 0.0259. The summed E-state index contributed by atoms with van der Waals surface area (Å²) in [6.07, 6.45) is -7.22. The average molecular weight is 439 g/mol. The van der Waals surface area contributed by atoms with Crippen LogP contribution in [0, 0.1) is 0 Å². The number of carbonyl (C=O) groups is 1. The van der Waals surface area contributed by atoms with Crippen LogP contribution in [0.2, 0.25) is 0 Å². The Morgan fingerprint density at radius 1 is 1.07 bits per heavy atom. The van der Waals surface area contributed by atoms with Gasteiger partial charge in [0.1, 0.15) is 0 Å². The molecule has 1 atom stereocenters. The number of anilines is 2. The quantitative estimate of drug-likeness (QED) is 0.704. The molecular formula is C19H23F6N3O2. The van der Waals surface area contributed by atoms with E-state index in [0.717, 1.165) is 36.3 Å². The van der Waals surface area contributed by atoms with E-state index in [2.05, 4.69) is 5.32 Å². The third-order valence-corrected chi connectivity index (χ3v) is 5.52. The van der Waals surface area contributed by atoms with E-state index in [1.807, 2.05) is 4.90 Å². The van der Waals surface area contributed by atoms with Gasteiger partial charge in [-0.05, 0) is 43.9 Å². The zero-order valence-corrected chi connectivity index (χ0v) is 16.1. The molecule has 11 heteroatoms. The highest BCUT2D eigenvalue weighted by molar-refractivity contribution is 5.96. The smallest absolute Gasteiger partial charge is 0.379 e. The monoisotopic (exact) mass is 439 g/mol. The number of aliphatic hydroxyl groups is 1. The van der Waals surface area contributed by atoms with Crippen LogP contribution in [0.25, 0.3) is 0 Å². The van der Waals surface area contributed by atoms with Crippen LogP contribution in [0.3, 0.4) is 0 Å². The minimum atomic E-state index is -4.82. The Morgan fingerprint density at radius 3 is 2.30 bits per heavy atom. The first-order valence-corrected chi connectivity index (χ1v) is 9.67. The highest BCUT2D eigenvalue weighted by atomic mass is 19.4. The van der Waals surface area contributed by atoms with Gasteiger partial charge in [-0.2, -0.15) is 26.3 Å². The van der Waals surface area contributed by atoms with E-state index in [9.17, 15) is 36.2 Å². The van der Waals surface area contributed by atoms with E-state index in [1.165, 1.54) is 6.07 Å². The Bertz CT molecular complexity index is 777. The Morgan fingerprint density at radius 2 is 1.73 bits per heavy atom. The number of β-amino-alcohol motifs (C(OH)–C–C–N with tert-alkyl or cyclic N) is 1. The number of rotatable bonds is 4. The fraction of sp³-hybridized carbons (Fsp3) is 0.632. The fourth-order valence-electron chi connectivity index (χ4n) is 3.85. The van der Waals surface area contributed by atoms with Gasteiger partial charge in [0.2, 0.25) is 5.91 Å². The van der Waals surface area contributed by atoms with Crippen LogP contribution in [-0.2, 0) is 11.0 Å². The number of hydrogen-bond acceptors (Lipinski definition) is 4. The topological polar surface area (TPSA) is 55.8 Å². The number of halogens is 6. The lowest BCUT2D eigenvalue weighted by molar-refractivity contribution is -0.253. The molecule has 1 aromatic carbocycles. The molecule has 1 amide bonds. The van der Waals surface area contributed by atoms with Gasteiger partial charge < -0.3 is 15.3 Å². The van der Waals surface area contributed by atoms with Crippen molar-refractivity contribution in [3.63, 3.8) is 0 Å². The number of likely N-dealkylation sites (tertiary alicyclic amines) is 1. The largest absolute Gasteiger partial charge is 0.418 e. The molecule has 0 saturated carbocycles. The van der Waals surface area contributed by atoms with Crippen LogP contribution in [0.4, 0.5) is 37.7 Å². The van der Waals surface area contributed by atoms with Crippen molar-refractivity contribution in [2.75, 3.05) is 42.9 Å².